The molecule has 2 aliphatic rings. The first-order chi connectivity index (χ1) is 17.4. The van der Waals surface area contributed by atoms with E-state index < -0.39 is 17.7 Å². The van der Waals surface area contributed by atoms with Crippen molar-refractivity contribution in [3.8, 4) is 11.5 Å². The van der Waals surface area contributed by atoms with Crippen molar-refractivity contribution in [2.75, 3.05) is 38.7 Å². The minimum Gasteiger partial charge on any atom is -0.497 e. The molecule has 1 aromatic carbocycles. The number of piperidine rings is 1. The van der Waals surface area contributed by atoms with Crippen LogP contribution in [0.15, 0.2) is 30.5 Å². The van der Waals surface area contributed by atoms with Gasteiger partial charge >= 0.3 is 0 Å². The second-order valence-electron chi connectivity index (χ2n) is 8.97. The number of hydrogen-bond acceptors (Lipinski definition) is 8. The Morgan fingerprint density at radius 3 is 2.97 bits per heavy atom. The van der Waals surface area contributed by atoms with Crippen LogP contribution in [0.5, 0.6) is 11.5 Å². The first-order valence-corrected chi connectivity index (χ1v) is 11.8. The molecule has 2 atom stereocenters. The van der Waals surface area contributed by atoms with Gasteiger partial charge in [0, 0.05) is 42.7 Å². The van der Waals surface area contributed by atoms with E-state index in [2.05, 4.69) is 25.5 Å². The van der Waals surface area contributed by atoms with Crippen LogP contribution < -0.4 is 20.1 Å². The summed E-state index contributed by atoms with van der Waals surface area (Å²) < 4.78 is 39.5. The second-order valence-corrected chi connectivity index (χ2v) is 8.97. The van der Waals surface area contributed by atoms with Crippen molar-refractivity contribution < 1.29 is 28.2 Å². The number of fused-ring (bicyclic) bond motifs is 2. The Morgan fingerprint density at radius 2 is 2.17 bits per heavy atom. The topological polar surface area (TPSA) is 109 Å². The van der Waals surface area contributed by atoms with Gasteiger partial charge in [-0.25, -0.2) is 13.8 Å². The summed E-state index contributed by atoms with van der Waals surface area (Å²) in [4.78, 5) is 21.9. The summed E-state index contributed by atoms with van der Waals surface area (Å²) in [6, 6.07) is 6.27. The SMILES string of the molecule is COc1cc(F)c2ncc(F)c(CCN3CC[C@H](NCc4ccc5c(n4)NC(=O)CO5)[C@@H](O)C3)c2c1. The second kappa shape index (κ2) is 10.3. The highest BCUT2D eigenvalue weighted by Gasteiger charge is 2.28. The smallest absolute Gasteiger partial charge is 0.263 e. The summed E-state index contributed by atoms with van der Waals surface area (Å²) in [6.45, 7) is 2.03. The van der Waals surface area contributed by atoms with Gasteiger partial charge in [-0.15, -0.1) is 0 Å². The number of carbonyl (C=O) groups excluding carboxylic acids is 1. The van der Waals surface area contributed by atoms with Gasteiger partial charge < -0.3 is 30.1 Å². The van der Waals surface area contributed by atoms with Crippen molar-refractivity contribution in [1.82, 2.24) is 20.2 Å². The number of amides is 1. The van der Waals surface area contributed by atoms with Crippen molar-refractivity contribution >= 4 is 22.6 Å². The third kappa shape index (κ3) is 5.08. The lowest BCUT2D eigenvalue weighted by atomic mass is 10.00. The lowest BCUT2D eigenvalue weighted by molar-refractivity contribution is -0.118. The number of methoxy groups -OCH3 is 1. The standard InChI is InChI=1S/C25H27F2N5O4/c1-35-15-8-17-16(19(27)11-29-24(17)18(26)9-15)4-6-32-7-5-20(21(33)12-32)28-10-14-2-3-22-25(30-14)31-23(34)13-36-22/h2-3,8-9,11,20-21,28,33H,4-7,10,12-13H2,1H3,(H,30,31,34)/t20-,21-/m0/s1. The monoisotopic (exact) mass is 499 g/mol. The lowest BCUT2D eigenvalue weighted by Crippen LogP contribution is -2.52. The maximum atomic E-state index is 14.6. The van der Waals surface area contributed by atoms with Crippen molar-refractivity contribution in [2.45, 2.75) is 31.5 Å². The highest BCUT2D eigenvalue weighted by atomic mass is 19.1. The Kier molecular flexibility index (Phi) is 6.95. The average molecular weight is 500 g/mol. The summed E-state index contributed by atoms with van der Waals surface area (Å²) >= 11 is 0. The van der Waals surface area contributed by atoms with E-state index in [4.69, 9.17) is 9.47 Å². The van der Waals surface area contributed by atoms with Crippen LogP contribution in [0.2, 0.25) is 0 Å². The molecule has 0 radical (unpaired) electrons. The van der Waals surface area contributed by atoms with Crippen LogP contribution in [0.4, 0.5) is 14.6 Å². The van der Waals surface area contributed by atoms with E-state index in [9.17, 15) is 18.7 Å². The van der Waals surface area contributed by atoms with Crippen LogP contribution in [-0.4, -0.2) is 71.4 Å². The van der Waals surface area contributed by atoms with Gasteiger partial charge in [-0.2, -0.15) is 0 Å². The van der Waals surface area contributed by atoms with Gasteiger partial charge in [0.1, 0.15) is 17.1 Å². The van der Waals surface area contributed by atoms with Crippen LogP contribution in [0.1, 0.15) is 17.7 Å². The Bertz CT molecular complexity index is 1290. The number of pyridine rings is 2. The third-order valence-corrected chi connectivity index (χ3v) is 6.61. The number of halogens is 2. The van der Waals surface area contributed by atoms with Gasteiger partial charge in [0.05, 0.1) is 25.1 Å². The number of aliphatic hydroxyl groups is 1. The zero-order chi connectivity index (χ0) is 25.2. The van der Waals surface area contributed by atoms with Gasteiger partial charge in [0.2, 0.25) is 0 Å². The van der Waals surface area contributed by atoms with Crippen molar-refractivity contribution in [3.05, 3.63) is 53.4 Å². The number of ether oxygens (including phenoxy) is 2. The van der Waals surface area contributed by atoms with E-state index in [1.165, 1.54) is 13.2 Å². The highest BCUT2D eigenvalue weighted by molar-refractivity contribution is 5.94. The molecule has 1 fully saturated rings. The number of aromatic nitrogens is 2. The molecule has 0 spiro atoms. The third-order valence-electron chi connectivity index (χ3n) is 6.61. The van der Waals surface area contributed by atoms with Crippen LogP contribution in [0.3, 0.4) is 0 Å². The Hall–Kier alpha value is -3.41. The zero-order valence-corrected chi connectivity index (χ0v) is 19.8. The molecule has 3 aromatic rings. The zero-order valence-electron chi connectivity index (χ0n) is 19.8. The fraction of sp³-hybridized carbons (Fsp3) is 0.400. The summed E-state index contributed by atoms with van der Waals surface area (Å²) in [5.74, 6) is -0.0608. The first-order valence-electron chi connectivity index (χ1n) is 11.8. The van der Waals surface area contributed by atoms with E-state index in [1.54, 1.807) is 12.1 Å². The highest BCUT2D eigenvalue weighted by Crippen LogP contribution is 2.28. The predicted octanol–water partition coefficient (Wildman–Crippen LogP) is 2.01. The molecule has 190 valence electrons. The molecule has 4 heterocycles. The molecule has 0 saturated carbocycles. The number of nitrogens with one attached hydrogen (secondary N) is 2. The van der Waals surface area contributed by atoms with Gasteiger partial charge in [0.15, 0.2) is 24.0 Å². The number of hydrogen-bond donors (Lipinski definition) is 3. The molecule has 2 aliphatic heterocycles. The Morgan fingerprint density at radius 1 is 1.31 bits per heavy atom. The quantitative estimate of drug-likeness (QED) is 0.453. The minimum atomic E-state index is -0.629. The lowest BCUT2D eigenvalue weighted by Gasteiger charge is -2.36. The van der Waals surface area contributed by atoms with Crippen molar-refractivity contribution in [3.63, 3.8) is 0 Å². The van der Waals surface area contributed by atoms with Crippen LogP contribution in [0.25, 0.3) is 10.9 Å². The normalized spacial score (nSPS) is 20.1. The molecule has 1 amide bonds. The Balaban J connectivity index is 1.18. The molecule has 1 saturated heterocycles. The fourth-order valence-electron chi connectivity index (χ4n) is 4.68. The average Bonchev–Trinajstić information content (AvgIpc) is 2.87. The van der Waals surface area contributed by atoms with Gasteiger partial charge in [0.25, 0.3) is 5.91 Å². The fourth-order valence-corrected chi connectivity index (χ4v) is 4.68. The molecule has 0 unspecified atom stereocenters. The molecule has 9 nitrogen and oxygen atoms in total. The number of rotatable bonds is 7. The van der Waals surface area contributed by atoms with Crippen molar-refractivity contribution in [1.29, 1.82) is 0 Å². The first kappa shape index (κ1) is 24.3. The number of anilines is 1. The molecule has 3 N–H and O–H groups in total. The number of nitrogens with zero attached hydrogens (tertiary/aromatic N) is 3. The number of benzene rings is 1. The summed E-state index contributed by atoms with van der Waals surface area (Å²) in [5.41, 5.74) is 1.20. The van der Waals surface area contributed by atoms with Crippen LogP contribution >= 0.6 is 0 Å². The van der Waals surface area contributed by atoms with E-state index in [-0.39, 0.29) is 24.1 Å². The van der Waals surface area contributed by atoms with E-state index in [1.807, 2.05) is 6.07 Å². The minimum absolute atomic E-state index is 0.0217. The number of aliphatic hydroxyl groups excluding tert-OH is 1. The Labute approximate surface area is 206 Å². The van der Waals surface area contributed by atoms with E-state index in [0.29, 0.717) is 67.3 Å². The maximum Gasteiger partial charge on any atom is 0.263 e. The van der Waals surface area contributed by atoms with Gasteiger partial charge in [-0.05, 0) is 37.6 Å². The van der Waals surface area contributed by atoms with Crippen LogP contribution in [-0.2, 0) is 17.8 Å². The molecular formula is C25H27F2N5O4. The predicted molar refractivity (Wildman–Crippen MR) is 128 cm³/mol. The molecular weight excluding hydrogens is 472 g/mol. The maximum absolute atomic E-state index is 14.6. The number of likely N-dealkylation sites (tertiary alicyclic amines) is 1. The van der Waals surface area contributed by atoms with Crippen LogP contribution in [0, 0.1) is 11.6 Å². The van der Waals surface area contributed by atoms with E-state index in [0.717, 1.165) is 11.9 Å². The summed E-state index contributed by atoms with van der Waals surface area (Å²) in [6.07, 6.45) is 1.45. The molecule has 0 aliphatic carbocycles. The van der Waals surface area contributed by atoms with Crippen molar-refractivity contribution in [2.24, 2.45) is 0 Å². The van der Waals surface area contributed by atoms with E-state index >= 15 is 0 Å². The van der Waals surface area contributed by atoms with Gasteiger partial charge in [-0.1, -0.05) is 0 Å². The molecule has 11 heteroatoms. The largest absolute Gasteiger partial charge is 0.497 e. The molecule has 0 bridgehead atoms. The molecule has 2 aromatic heterocycles. The molecule has 36 heavy (non-hydrogen) atoms. The summed E-state index contributed by atoms with van der Waals surface area (Å²) in [7, 11) is 1.43. The number of carbonyl (C=O) groups is 1. The summed E-state index contributed by atoms with van der Waals surface area (Å²) in [5, 5.41) is 17.1. The molecule has 5 rings (SSSR count). The number of β-amino-alcohol motifs (C(OH)–C–C–N with tert-alkyl or cyclic N) is 1. The van der Waals surface area contributed by atoms with Gasteiger partial charge in [-0.3, -0.25) is 9.78 Å².